The molecule has 0 atom stereocenters. The van der Waals surface area contributed by atoms with Crippen LogP contribution in [0.3, 0.4) is 0 Å². The molecule has 62 heavy (non-hydrogen) atoms. The van der Waals surface area contributed by atoms with Gasteiger partial charge in [-0.25, -0.2) is 29.9 Å². The summed E-state index contributed by atoms with van der Waals surface area (Å²) in [6.07, 6.45) is 0. The molecule has 290 valence electrons. The largest absolute Gasteiger partial charge is 0.208 e. The van der Waals surface area contributed by atoms with E-state index in [4.69, 9.17) is 35.9 Å². The Morgan fingerprint density at radius 3 is 1.26 bits per heavy atom. The highest BCUT2D eigenvalue weighted by Gasteiger charge is 2.21. The maximum Gasteiger partial charge on any atom is 0.164 e. The van der Waals surface area contributed by atoms with Crippen LogP contribution in [0.25, 0.3) is 102 Å². The van der Waals surface area contributed by atoms with Crippen LogP contribution in [0.15, 0.2) is 212 Å². The minimum atomic E-state index is -0.495. The summed E-state index contributed by atoms with van der Waals surface area (Å²) in [6, 6.07) is 49.5. The Morgan fingerprint density at radius 2 is 0.710 bits per heavy atom. The van der Waals surface area contributed by atoms with Crippen molar-refractivity contribution in [2.45, 2.75) is 0 Å². The number of nitrogens with zero attached hydrogens (tertiary/aromatic N) is 7. The molecule has 0 bridgehead atoms. The fourth-order valence-electron chi connectivity index (χ4n) is 7.22. The molecule has 0 aliphatic rings. The van der Waals surface area contributed by atoms with Gasteiger partial charge in [-0.15, -0.1) is 0 Å². The van der Waals surface area contributed by atoms with E-state index in [9.17, 15) is 5.26 Å². The highest BCUT2D eigenvalue weighted by atomic mass is 15.0. The average molecular weight is 802 g/mol. The van der Waals surface area contributed by atoms with Gasteiger partial charge in [-0.1, -0.05) is 188 Å². The van der Waals surface area contributed by atoms with Gasteiger partial charge in [0.2, 0.25) is 0 Å². The summed E-state index contributed by atoms with van der Waals surface area (Å²) in [5, 5.41) is 9.77. The molecule has 0 aliphatic heterocycles. The predicted octanol–water partition coefficient (Wildman–Crippen LogP) is 12.9. The van der Waals surface area contributed by atoms with E-state index in [1.165, 1.54) is 12.1 Å². The Balaban J connectivity index is 1.19. The number of hydrogen-bond donors (Lipinski definition) is 0. The quantitative estimate of drug-likeness (QED) is 0.143. The van der Waals surface area contributed by atoms with Crippen molar-refractivity contribution in [2.24, 2.45) is 0 Å². The van der Waals surface area contributed by atoms with Crippen molar-refractivity contribution in [1.29, 1.82) is 5.26 Å². The molecular formula is C55H35N7. The molecular weight excluding hydrogens is 759 g/mol. The molecule has 0 unspecified atom stereocenters. The molecule has 0 aliphatic carbocycles. The second-order valence-electron chi connectivity index (χ2n) is 14.0. The van der Waals surface area contributed by atoms with Gasteiger partial charge < -0.3 is 0 Å². The van der Waals surface area contributed by atoms with Crippen LogP contribution in [-0.4, -0.2) is 29.9 Å². The standard InChI is InChI=1S/C55H35N7/c56-36-37-29-31-39(32-30-37)49-35-43(45-26-14-16-28-47(45)53-58-50(40-19-7-2-8-20-40)57-51(59-53)41-21-9-3-10-22-41)33-34-48(49)55-61-52(42-23-11-4-12-24-42)60-54(62-55)46-27-15-13-25-44(46)38-17-5-1-6-18-38/h1-35H/i2D,3D,7D,8D,9D,10D,19D,21D. The Labute approximate surface area is 370 Å². The first-order chi connectivity index (χ1) is 34.0. The molecule has 10 rings (SSSR count). The molecule has 0 fully saturated rings. The van der Waals surface area contributed by atoms with E-state index in [2.05, 4.69) is 11.1 Å². The fraction of sp³-hybridized carbons (Fsp3) is 0. The summed E-state index contributed by atoms with van der Waals surface area (Å²) >= 11 is 0. The first-order valence-corrected chi connectivity index (χ1v) is 19.6. The van der Waals surface area contributed by atoms with Crippen LogP contribution in [-0.2, 0) is 0 Å². The molecule has 0 N–H and O–H groups in total. The molecule has 0 radical (unpaired) electrons. The van der Waals surface area contributed by atoms with Gasteiger partial charge in [-0.05, 0) is 57.6 Å². The van der Waals surface area contributed by atoms with Gasteiger partial charge in [0.05, 0.1) is 22.6 Å². The molecule has 0 saturated heterocycles. The van der Waals surface area contributed by atoms with Crippen molar-refractivity contribution in [3.8, 4) is 108 Å². The number of benzene rings is 8. The van der Waals surface area contributed by atoms with E-state index >= 15 is 0 Å². The monoisotopic (exact) mass is 801 g/mol. The third kappa shape index (κ3) is 7.63. The van der Waals surface area contributed by atoms with Crippen molar-refractivity contribution in [2.75, 3.05) is 0 Å². The van der Waals surface area contributed by atoms with Crippen LogP contribution in [0, 0.1) is 11.3 Å². The molecule has 0 amide bonds. The van der Waals surface area contributed by atoms with E-state index in [1.807, 2.05) is 127 Å². The van der Waals surface area contributed by atoms with Crippen molar-refractivity contribution in [1.82, 2.24) is 29.9 Å². The highest BCUT2D eigenvalue weighted by molar-refractivity contribution is 5.90. The Morgan fingerprint density at radius 1 is 0.306 bits per heavy atom. The van der Waals surface area contributed by atoms with Gasteiger partial charge in [0.25, 0.3) is 0 Å². The van der Waals surface area contributed by atoms with Crippen LogP contribution >= 0.6 is 0 Å². The minimum Gasteiger partial charge on any atom is -0.208 e. The predicted molar refractivity (Wildman–Crippen MR) is 247 cm³/mol. The number of hydrogen-bond acceptors (Lipinski definition) is 7. The smallest absolute Gasteiger partial charge is 0.164 e. The summed E-state index contributed by atoms with van der Waals surface area (Å²) < 4.78 is 67.6. The summed E-state index contributed by atoms with van der Waals surface area (Å²) in [5.74, 6) is 1.16. The van der Waals surface area contributed by atoms with E-state index in [0.717, 1.165) is 33.4 Å². The second kappa shape index (κ2) is 16.9. The van der Waals surface area contributed by atoms with Crippen LogP contribution in [0.2, 0.25) is 0 Å². The van der Waals surface area contributed by atoms with E-state index in [1.54, 1.807) is 24.3 Å². The zero-order valence-corrected chi connectivity index (χ0v) is 32.7. The maximum absolute atomic E-state index is 9.77. The topological polar surface area (TPSA) is 101 Å². The molecule has 8 aromatic carbocycles. The van der Waals surface area contributed by atoms with Crippen LogP contribution in [0.5, 0.6) is 0 Å². The molecule has 10 aromatic rings. The van der Waals surface area contributed by atoms with Crippen LogP contribution < -0.4 is 0 Å². The molecule has 0 spiro atoms. The lowest BCUT2D eigenvalue weighted by atomic mass is 9.91. The summed E-state index contributed by atoms with van der Waals surface area (Å²) in [4.78, 5) is 29.5. The van der Waals surface area contributed by atoms with Gasteiger partial charge >= 0.3 is 0 Å². The number of rotatable bonds is 9. The first-order valence-electron chi connectivity index (χ1n) is 23.6. The van der Waals surface area contributed by atoms with Gasteiger partial charge in [-0.2, -0.15) is 5.26 Å². The second-order valence-corrected chi connectivity index (χ2v) is 14.0. The number of nitriles is 1. The van der Waals surface area contributed by atoms with Crippen LogP contribution in [0.1, 0.15) is 16.5 Å². The Bertz CT molecular complexity index is 3640. The SMILES string of the molecule is [2H]c1cc(-c2nc(-c3ccccc3-c3ccc(-c4nc(-c5ccccc5)nc(-c5ccccc5-c5ccccc5)n4)c(-c4ccc(C#N)cc4)c3)nc(-c3cc([2H])c([2H])c([2H])c3[2H])n2)c([2H])c([2H])c1[2H]. The van der Waals surface area contributed by atoms with Crippen LogP contribution in [0.4, 0.5) is 0 Å². The lowest BCUT2D eigenvalue weighted by Crippen LogP contribution is -2.02. The molecule has 7 heteroatoms. The summed E-state index contributed by atoms with van der Waals surface area (Å²) in [6.45, 7) is 0. The lowest BCUT2D eigenvalue weighted by molar-refractivity contribution is 1.07. The zero-order valence-electron chi connectivity index (χ0n) is 40.7. The molecule has 2 aromatic heterocycles. The Hall–Kier alpha value is -8.73. The van der Waals surface area contributed by atoms with Gasteiger partial charge in [0, 0.05) is 33.4 Å². The lowest BCUT2D eigenvalue weighted by Gasteiger charge is -2.16. The third-order valence-electron chi connectivity index (χ3n) is 10.2. The highest BCUT2D eigenvalue weighted by Crippen LogP contribution is 2.40. The first kappa shape index (κ1) is 29.5. The van der Waals surface area contributed by atoms with Crippen molar-refractivity contribution >= 4 is 0 Å². The van der Waals surface area contributed by atoms with E-state index < -0.39 is 36.3 Å². The normalized spacial score (nSPS) is 12.7. The summed E-state index contributed by atoms with van der Waals surface area (Å²) in [7, 11) is 0. The van der Waals surface area contributed by atoms with E-state index in [0.29, 0.717) is 45.3 Å². The molecule has 0 saturated carbocycles. The Kier molecular flexibility index (Phi) is 8.02. The zero-order chi connectivity index (χ0) is 48.6. The van der Waals surface area contributed by atoms with Crippen molar-refractivity contribution in [3.05, 3.63) is 218 Å². The fourth-order valence-corrected chi connectivity index (χ4v) is 7.22. The maximum atomic E-state index is 9.77. The molecule has 7 nitrogen and oxygen atoms in total. The van der Waals surface area contributed by atoms with Crippen molar-refractivity contribution < 1.29 is 11.0 Å². The minimum absolute atomic E-state index is 0.0281. The van der Waals surface area contributed by atoms with Gasteiger partial charge in [0.1, 0.15) is 0 Å². The third-order valence-corrected chi connectivity index (χ3v) is 10.2. The van der Waals surface area contributed by atoms with Crippen molar-refractivity contribution in [3.63, 3.8) is 0 Å². The van der Waals surface area contributed by atoms with Gasteiger partial charge in [0.15, 0.2) is 34.9 Å². The number of aromatic nitrogens is 6. The van der Waals surface area contributed by atoms with Gasteiger partial charge in [-0.3, -0.25) is 0 Å². The molecule has 2 heterocycles. The van der Waals surface area contributed by atoms with E-state index in [-0.39, 0.29) is 40.7 Å². The summed E-state index contributed by atoms with van der Waals surface area (Å²) in [5.41, 5.74) is 7.98. The average Bonchev–Trinajstić information content (AvgIpc) is 3.41.